The molecule has 0 spiro atoms. The number of amides is 1. The fourth-order valence-corrected chi connectivity index (χ4v) is 2.23. The van der Waals surface area contributed by atoms with Gasteiger partial charge in [0.1, 0.15) is 12.3 Å². The SMILES string of the molecule is O=C(Nc1cc(C(F)(F)F)c[nH]c1=O)c1nccnc1OCc1ccccc1. The van der Waals surface area contributed by atoms with Gasteiger partial charge in [0.15, 0.2) is 5.69 Å². The third kappa shape index (κ3) is 4.53. The van der Waals surface area contributed by atoms with E-state index in [0.29, 0.717) is 12.3 Å². The molecule has 0 saturated heterocycles. The molecule has 28 heavy (non-hydrogen) atoms. The molecule has 144 valence electrons. The molecule has 1 aromatic carbocycles. The molecule has 0 aliphatic heterocycles. The van der Waals surface area contributed by atoms with E-state index >= 15 is 0 Å². The number of aromatic amines is 1. The van der Waals surface area contributed by atoms with Gasteiger partial charge in [0.25, 0.3) is 11.5 Å². The highest BCUT2D eigenvalue weighted by molar-refractivity contribution is 6.04. The summed E-state index contributed by atoms with van der Waals surface area (Å²) >= 11 is 0. The summed E-state index contributed by atoms with van der Waals surface area (Å²) in [6.45, 7) is 0.101. The minimum Gasteiger partial charge on any atom is -0.471 e. The first kappa shape index (κ1) is 19.1. The van der Waals surface area contributed by atoms with Crippen molar-refractivity contribution in [1.82, 2.24) is 15.0 Å². The lowest BCUT2D eigenvalue weighted by Crippen LogP contribution is -2.23. The zero-order chi connectivity index (χ0) is 20.1. The molecule has 0 aliphatic carbocycles. The molecular weight excluding hydrogens is 377 g/mol. The fraction of sp³-hybridized carbons (Fsp3) is 0.111. The van der Waals surface area contributed by atoms with Crippen molar-refractivity contribution in [3.63, 3.8) is 0 Å². The highest BCUT2D eigenvalue weighted by atomic mass is 19.4. The van der Waals surface area contributed by atoms with Gasteiger partial charge in [0, 0.05) is 18.6 Å². The molecule has 0 unspecified atom stereocenters. The number of anilines is 1. The third-order valence-electron chi connectivity index (χ3n) is 3.58. The fourth-order valence-electron chi connectivity index (χ4n) is 2.23. The molecule has 2 aromatic heterocycles. The maximum Gasteiger partial charge on any atom is 0.417 e. The van der Waals surface area contributed by atoms with Crippen LogP contribution < -0.4 is 15.6 Å². The van der Waals surface area contributed by atoms with Crippen LogP contribution in [0.25, 0.3) is 0 Å². The molecular formula is C18H13F3N4O3. The van der Waals surface area contributed by atoms with Gasteiger partial charge in [0.05, 0.1) is 5.56 Å². The number of nitrogens with one attached hydrogen (secondary N) is 2. The maximum atomic E-state index is 12.8. The zero-order valence-corrected chi connectivity index (χ0v) is 14.2. The van der Waals surface area contributed by atoms with Gasteiger partial charge in [-0.25, -0.2) is 9.97 Å². The smallest absolute Gasteiger partial charge is 0.417 e. The summed E-state index contributed by atoms with van der Waals surface area (Å²) in [7, 11) is 0. The molecule has 2 N–H and O–H groups in total. The van der Waals surface area contributed by atoms with Crippen LogP contribution in [0.2, 0.25) is 0 Å². The van der Waals surface area contributed by atoms with Gasteiger partial charge in [-0.1, -0.05) is 30.3 Å². The second kappa shape index (κ2) is 7.91. The van der Waals surface area contributed by atoms with Gasteiger partial charge in [-0.3, -0.25) is 9.59 Å². The number of rotatable bonds is 5. The predicted octanol–water partition coefficient (Wildman–Crippen LogP) is 3.02. The first-order chi connectivity index (χ1) is 13.3. The average molecular weight is 390 g/mol. The number of halogens is 3. The van der Waals surface area contributed by atoms with E-state index in [2.05, 4.69) is 15.3 Å². The van der Waals surface area contributed by atoms with Crippen molar-refractivity contribution in [2.45, 2.75) is 12.8 Å². The Morgan fingerprint density at radius 3 is 2.57 bits per heavy atom. The number of H-pyrrole nitrogens is 1. The van der Waals surface area contributed by atoms with Gasteiger partial charge in [-0.2, -0.15) is 13.2 Å². The van der Waals surface area contributed by atoms with Gasteiger partial charge < -0.3 is 15.0 Å². The van der Waals surface area contributed by atoms with E-state index in [-0.39, 0.29) is 18.2 Å². The topological polar surface area (TPSA) is 97.0 Å². The summed E-state index contributed by atoms with van der Waals surface area (Å²) in [4.78, 5) is 33.9. The monoisotopic (exact) mass is 390 g/mol. The number of benzene rings is 1. The van der Waals surface area contributed by atoms with E-state index in [1.807, 2.05) is 23.2 Å². The van der Waals surface area contributed by atoms with Crippen molar-refractivity contribution in [3.05, 3.63) is 82.2 Å². The number of ether oxygens (including phenoxy) is 1. The average Bonchev–Trinajstić information content (AvgIpc) is 2.68. The van der Waals surface area contributed by atoms with Crippen molar-refractivity contribution < 1.29 is 22.7 Å². The Kier molecular flexibility index (Phi) is 5.39. The van der Waals surface area contributed by atoms with Gasteiger partial charge in [0.2, 0.25) is 5.88 Å². The maximum absolute atomic E-state index is 12.8. The molecule has 0 aliphatic rings. The minimum atomic E-state index is -4.68. The number of alkyl halides is 3. The third-order valence-corrected chi connectivity index (χ3v) is 3.58. The predicted molar refractivity (Wildman–Crippen MR) is 92.8 cm³/mol. The lowest BCUT2D eigenvalue weighted by molar-refractivity contribution is -0.137. The number of aromatic nitrogens is 3. The van der Waals surface area contributed by atoms with E-state index in [1.165, 1.54) is 12.4 Å². The Hall–Kier alpha value is -3.69. The zero-order valence-electron chi connectivity index (χ0n) is 14.2. The molecule has 0 bridgehead atoms. The number of nitrogens with zero attached hydrogens (tertiary/aromatic N) is 2. The summed E-state index contributed by atoms with van der Waals surface area (Å²) in [6, 6.07) is 9.59. The molecule has 0 atom stereocenters. The molecule has 1 amide bonds. The first-order valence-corrected chi connectivity index (χ1v) is 7.93. The van der Waals surface area contributed by atoms with Crippen LogP contribution >= 0.6 is 0 Å². The van der Waals surface area contributed by atoms with Gasteiger partial charge >= 0.3 is 6.18 Å². The van der Waals surface area contributed by atoms with Crippen molar-refractivity contribution in [1.29, 1.82) is 0 Å². The molecule has 3 rings (SSSR count). The lowest BCUT2D eigenvalue weighted by atomic mass is 10.2. The molecule has 0 radical (unpaired) electrons. The minimum absolute atomic E-state index is 0.101. The lowest BCUT2D eigenvalue weighted by Gasteiger charge is -2.11. The van der Waals surface area contributed by atoms with Gasteiger partial charge in [-0.05, 0) is 11.6 Å². The quantitative estimate of drug-likeness (QED) is 0.698. The van der Waals surface area contributed by atoms with Crippen molar-refractivity contribution in [3.8, 4) is 5.88 Å². The number of hydrogen-bond donors (Lipinski definition) is 2. The van der Waals surface area contributed by atoms with Crippen LogP contribution in [0.15, 0.2) is 59.8 Å². The number of carbonyl (C=O) groups excluding carboxylic acids is 1. The summed E-state index contributed by atoms with van der Waals surface area (Å²) in [6.07, 6.45) is -1.64. The van der Waals surface area contributed by atoms with Crippen LogP contribution in [0.4, 0.5) is 18.9 Å². The van der Waals surface area contributed by atoms with Crippen molar-refractivity contribution >= 4 is 11.6 Å². The Balaban J connectivity index is 1.81. The van der Waals surface area contributed by atoms with E-state index < -0.39 is 28.9 Å². The Morgan fingerprint density at radius 2 is 1.86 bits per heavy atom. The van der Waals surface area contributed by atoms with Crippen LogP contribution in [0.5, 0.6) is 5.88 Å². The molecule has 10 heteroatoms. The molecule has 2 heterocycles. The second-order valence-corrected chi connectivity index (χ2v) is 5.57. The molecule has 0 fully saturated rings. The Bertz CT molecular complexity index is 1040. The van der Waals surface area contributed by atoms with Crippen LogP contribution in [0.3, 0.4) is 0 Å². The van der Waals surface area contributed by atoms with E-state index in [1.54, 1.807) is 12.1 Å². The Labute approximate surface area is 156 Å². The van der Waals surface area contributed by atoms with Crippen LogP contribution in [-0.2, 0) is 12.8 Å². The van der Waals surface area contributed by atoms with E-state index in [9.17, 15) is 22.8 Å². The van der Waals surface area contributed by atoms with Gasteiger partial charge in [-0.15, -0.1) is 0 Å². The largest absolute Gasteiger partial charge is 0.471 e. The van der Waals surface area contributed by atoms with Crippen molar-refractivity contribution in [2.24, 2.45) is 0 Å². The normalized spacial score (nSPS) is 11.1. The van der Waals surface area contributed by atoms with Crippen LogP contribution in [0, 0.1) is 0 Å². The summed E-state index contributed by atoms with van der Waals surface area (Å²) < 4.78 is 43.9. The summed E-state index contributed by atoms with van der Waals surface area (Å²) in [5.41, 5.74) is -2.03. The molecule has 3 aromatic rings. The second-order valence-electron chi connectivity index (χ2n) is 5.57. The van der Waals surface area contributed by atoms with E-state index in [0.717, 1.165) is 5.56 Å². The highest BCUT2D eigenvalue weighted by Crippen LogP contribution is 2.29. The molecule has 0 saturated carbocycles. The summed E-state index contributed by atoms with van der Waals surface area (Å²) in [5.74, 6) is -1.05. The van der Waals surface area contributed by atoms with Crippen molar-refractivity contribution in [2.75, 3.05) is 5.32 Å². The first-order valence-electron chi connectivity index (χ1n) is 7.93. The highest BCUT2D eigenvalue weighted by Gasteiger charge is 2.31. The summed E-state index contributed by atoms with van der Waals surface area (Å²) in [5, 5.41) is 2.11. The number of carbonyl (C=O) groups is 1. The van der Waals surface area contributed by atoms with Crippen LogP contribution in [-0.4, -0.2) is 20.9 Å². The van der Waals surface area contributed by atoms with E-state index in [4.69, 9.17) is 4.74 Å². The number of pyridine rings is 1. The number of hydrogen-bond acceptors (Lipinski definition) is 5. The Morgan fingerprint density at radius 1 is 1.14 bits per heavy atom. The van der Waals surface area contributed by atoms with Crippen LogP contribution in [0.1, 0.15) is 21.6 Å². The standard InChI is InChI=1S/C18H13F3N4O3/c19-18(20,21)12-8-13(15(26)24-9-12)25-16(27)14-17(23-7-6-22-14)28-10-11-4-2-1-3-5-11/h1-9H,10H2,(H,24,26)(H,25,27). The molecule has 7 nitrogen and oxygen atoms in total.